The molecule has 1 aliphatic heterocycles. The highest BCUT2D eigenvalue weighted by atomic mass is 16.6. The lowest BCUT2D eigenvalue weighted by Crippen LogP contribution is -2.50. The molecule has 1 aromatic rings. The van der Waals surface area contributed by atoms with Crippen LogP contribution in [0.15, 0.2) is 0 Å². The number of piperazine rings is 1. The second-order valence-corrected chi connectivity index (χ2v) is 7.49. The SMILES string of the molecule is CCn1c(N2CCN(C(=O)OC(C)(C)C)CC2)nc(C(=O)C(N)=O)c1C(=O)OC. The quantitative estimate of drug-likeness (QED) is 0.419. The van der Waals surface area contributed by atoms with Crippen LogP contribution in [-0.2, 0) is 20.8 Å². The van der Waals surface area contributed by atoms with Crippen molar-refractivity contribution in [1.82, 2.24) is 14.5 Å². The van der Waals surface area contributed by atoms with E-state index in [0.717, 1.165) is 0 Å². The van der Waals surface area contributed by atoms with Gasteiger partial charge in [0.1, 0.15) is 5.60 Å². The predicted molar refractivity (Wildman–Crippen MR) is 103 cm³/mol. The van der Waals surface area contributed by atoms with Crippen LogP contribution in [0.1, 0.15) is 48.7 Å². The Morgan fingerprint density at radius 3 is 2.14 bits per heavy atom. The molecule has 2 amide bonds. The third-order valence-corrected chi connectivity index (χ3v) is 4.30. The van der Waals surface area contributed by atoms with Gasteiger partial charge in [0.05, 0.1) is 7.11 Å². The molecule has 0 bridgehead atoms. The highest BCUT2D eigenvalue weighted by Crippen LogP contribution is 2.23. The van der Waals surface area contributed by atoms with Crippen molar-refractivity contribution in [2.75, 3.05) is 38.2 Å². The van der Waals surface area contributed by atoms with Crippen LogP contribution in [0, 0.1) is 0 Å². The summed E-state index contributed by atoms with van der Waals surface area (Å²) in [5.74, 6) is -2.73. The average Bonchev–Trinajstić information content (AvgIpc) is 3.04. The molecule has 1 saturated heterocycles. The standard InChI is InChI=1S/C18H27N5O6/c1-6-23-12(15(26)28-5)11(13(24)14(19)25)20-16(23)21-7-9-22(10-8-21)17(27)29-18(2,3)4/h6-10H2,1-5H3,(H2,19,25). The van der Waals surface area contributed by atoms with E-state index in [9.17, 15) is 19.2 Å². The number of esters is 1. The number of imidazole rings is 1. The monoisotopic (exact) mass is 409 g/mol. The zero-order valence-electron chi connectivity index (χ0n) is 17.4. The number of nitrogens with zero attached hydrogens (tertiary/aromatic N) is 4. The van der Waals surface area contributed by atoms with E-state index in [0.29, 0.717) is 38.7 Å². The molecule has 0 spiro atoms. The molecule has 160 valence electrons. The summed E-state index contributed by atoms with van der Waals surface area (Å²) in [4.78, 5) is 55.7. The molecular weight excluding hydrogens is 382 g/mol. The average molecular weight is 409 g/mol. The Labute approximate surface area is 168 Å². The lowest BCUT2D eigenvalue weighted by Gasteiger charge is -2.36. The van der Waals surface area contributed by atoms with Gasteiger partial charge in [-0.2, -0.15) is 0 Å². The van der Waals surface area contributed by atoms with Crippen LogP contribution in [0.4, 0.5) is 10.7 Å². The zero-order valence-corrected chi connectivity index (χ0v) is 17.4. The van der Waals surface area contributed by atoms with E-state index < -0.39 is 29.4 Å². The maximum absolute atomic E-state index is 12.2. The number of Topliss-reactive ketones (excluding diaryl/α,β-unsaturated/α-hetero) is 1. The molecule has 1 fully saturated rings. The first-order valence-corrected chi connectivity index (χ1v) is 9.26. The van der Waals surface area contributed by atoms with Crippen LogP contribution in [0.25, 0.3) is 0 Å². The number of rotatable bonds is 5. The van der Waals surface area contributed by atoms with Gasteiger partial charge in [-0.15, -0.1) is 0 Å². The Hall–Kier alpha value is -3.11. The number of anilines is 1. The number of carbonyl (C=O) groups is 4. The van der Waals surface area contributed by atoms with Gasteiger partial charge in [0.2, 0.25) is 5.95 Å². The summed E-state index contributed by atoms with van der Waals surface area (Å²) in [6, 6.07) is 0. The van der Waals surface area contributed by atoms with Gasteiger partial charge < -0.3 is 29.6 Å². The summed E-state index contributed by atoms with van der Waals surface area (Å²) in [6.07, 6.45) is -0.407. The minimum absolute atomic E-state index is 0.122. The van der Waals surface area contributed by atoms with Gasteiger partial charge in [-0.05, 0) is 27.7 Å². The fraction of sp³-hybridized carbons (Fsp3) is 0.611. The Morgan fingerprint density at radius 1 is 1.10 bits per heavy atom. The molecule has 2 N–H and O–H groups in total. The van der Waals surface area contributed by atoms with E-state index in [1.54, 1.807) is 32.6 Å². The Bertz CT molecular complexity index is 817. The first-order chi connectivity index (χ1) is 13.5. The van der Waals surface area contributed by atoms with Crippen molar-refractivity contribution in [2.24, 2.45) is 5.73 Å². The fourth-order valence-electron chi connectivity index (χ4n) is 2.98. The van der Waals surface area contributed by atoms with Gasteiger partial charge in [-0.25, -0.2) is 14.6 Å². The molecule has 1 aromatic heterocycles. The van der Waals surface area contributed by atoms with Crippen molar-refractivity contribution < 1.29 is 28.7 Å². The highest BCUT2D eigenvalue weighted by Gasteiger charge is 2.33. The number of methoxy groups -OCH3 is 1. The van der Waals surface area contributed by atoms with Crippen LogP contribution in [0.2, 0.25) is 0 Å². The van der Waals surface area contributed by atoms with Crippen molar-refractivity contribution in [2.45, 2.75) is 39.8 Å². The maximum atomic E-state index is 12.2. The Balaban J connectivity index is 2.29. The highest BCUT2D eigenvalue weighted by molar-refractivity contribution is 6.42. The summed E-state index contributed by atoms with van der Waals surface area (Å²) in [7, 11) is 1.17. The van der Waals surface area contributed by atoms with Crippen LogP contribution >= 0.6 is 0 Å². The minimum Gasteiger partial charge on any atom is -0.464 e. The van der Waals surface area contributed by atoms with Gasteiger partial charge in [0.25, 0.3) is 11.7 Å². The molecule has 2 heterocycles. The molecule has 11 nitrogen and oxygen atoms in total. The largest absolute Gasteiger partial charge is 0.464 e. The minimum atomic E-state index is -1.21. The van der Waals surface area contributed by atoms with Crippen molar-refractivity contribution in [1.29, 1.82) is 0 Å². The van der Waals surface area contributed by atoms with Crippen LogP contribution in [0.5, 0.6) is 0 Å². The summed E-state index contributed by atoms with van der Waals surface area (Å²) < 4.78 is 11.6. The number of hydrogen-bond donors (Lipinski definition) is 1. The maximum Gasteiger partial charge on any atom is 0.410 e. The second-order valence-electron chi connectivity index (χ2n) is 7.49. The van der Waals surface area contributed by atoms with Crippen molar-refractivity contribution in [3.8, 4) is 0 Å². The van der Waals surface area contributed by atoms with Gasteiger partial charge in [0.15, 0.2) is 11.4 Å². The summed E-state index contributed by atoms with van der Waals surface area (Å²) in [5, 5.41) is 0. The molecule has 29 heavy (non-hydrogen) atoms. The number of carbonyl (C=O) groups excluding carboxylic acids is 4. The Kier molecular flexibility index (Phi) is 6.50. The van der Waals surface area contributed by atoms with Crippen molar-refractivity contribution in [3.63, 3.8) is 0 Å². The molecule has 0 aromatic carbocycles. The lowest BCUT2D eigenvalue weighted by molar-refractivity contribution is -0.114. The van der Waals surface area contributed by atoms with Crippen molar-refractivity contribution in [3.05, 3.63) is 11.4 Å². The van der Waals surface area contributed by atoms with E-state index in [1.807, 2.05) is 4.90 Å². The second kappa shape index (κ2) is 8.50. The normalized spacial score (nSPS) is 14.5. The third-order valence-electron chi connectivity index (χ3n) is 4.30. The van der Waals surface area contributed by atoms with Gasteiger partial charge >= 0.3 is 12.1 Å². The summed E-state index contributed by atoms with van der Waals surface area (Å²) >= 11 is 0. The lowest BCUT2D eigenvalue weighted by atomic mass is 10.2. The Morgan fingerprint density at radius 2 is 1.69 bits per heavy atom. The number of amides is 2. The number of hydrogen-bond acceptors (Lipinski definition) is 8. The molecule has 0 unspecified atom stereocenters. The zero-order chi connectivity index (χ0) is 21.9. The first kappa shape index (κ1) is 22.2. The number of primary amides is 1. The molecule has 1 aliphatic rings. The molecule has 11 heteroatoms. The van der Waals surface area contributed by atoms with E-state index in [4.69, 9.17) is 15.2 Å². The first-order valence-electron chi connectivity index (χ1n) is 9.26. The molecule has 0 radical (unpaired) electrons. The van der Waals surface area contributed by atoms with E-state index in [2.05, 4.69) is 4.98 Å². The van der Waals surface area contributed by atoms with Crippen LogP contribution < -0.4 is 10.6 Å². The number of ketones is 1. The predicted octanol–water partition coefficient (Wildman–Crippen LogP) is 0.415. The number of aromatic nitrogens is 2. The van der Waals surface area contributed by atoms with E-state index in [1.165, 1.54) is 11.7 Å². The fourth-order valence-corrected chi connectivity index (χ4v) is 2.98. The van der Waals surface area contributed by atoms with E-state index in [-0.39, 0.29) is 11.4 Å². The smallest absolute Gasteiger partial charge is 0.410 e. The molecular formula is C18H27N5O6. The number of nitrogens with two attached hydrogens (primary N) is 1. The van der Waals surface area contributed by atoms with E-state index >= 15 is 0 Å². The summed E-state index contributed by atoms with van der Waals surface area (Å²) in [6.45, 7) is 9.02. The molecule has 0 atom stereocenters. The van der Waals surface area contributed by atoms with Gasteiger partial charge in [-0.1, -0.05) is 0 Å². The van der Waals surface area contributed by atoms with Crippen LogP contribution in [-0.4, -0.2) is 77.1 Å². The van der Waals surface area contributed by atoms with Crippen molar-refractivity contribution >= 4 is 29.7 Å². The molecule has 0 saturated carbocycles. The molecule has 2 rings (SSSR count). The third kappa shape index (κ3) is 4.84. The van der Waals surface area contributed by atoms with Crippen LogP contribution in [0.3, 0.4) is 0 Å². The van der Waals surface area contributed by atoms with Gasteiger partial charge in [-0.3, -0.25) is 9.59 Å². The molecule has 0 aliphatic carbocycles. The summed E-state index contributed by atoms with van der Waals surface area (Å²) in [5.41, 5.74) is 4.05. The van der Waals surface area contributed by atoms with Gasteiger partial charge in [0, 0.05) is 32.7 Å². The number of ether oxygens (including phenoxy) is 2. The topological polar surface area (TPSA) is 137 Å².